The van der Waals surface area contributed by atoms with Gasteiger partial charge in [0.05, 0.1) is 12.0 Å². The molecule has 0 aliphatic carbocycles. The summed E-state index contributed by atoms with van der Waals surface area (Å²) < 4.78 is 11.3. The molecule has 0 saturated carbocycles. The van der Waals surface area contributed by atoms with Crippen LogP contribution in [0.1, 0.15) is 11.1 Å². The fourth-order valence-electron chi connectivity index (χ4n) is 2.34. The van der Waals surface area contributed by atoms with Gasteiger partial charge in [-0.15, -0.1) is 0 Å². The van der Waals surface area contributed by atoms with Crippen LogP contribution in [0.4, 0.5) is 5.69 Å². The molecule has 25 heavy (non-hydrogen) atoms. The normalized spacial score (nSPS) is 11.1. The number of rotatable bonds is 8. The molecular formula is C19H22N2O4. The smallest absolute Gasteiger partial charge is 0.269 e. The number of ether oxygens (including phenoxy) is 2. The van der Waals surface area contributed by atoms with Crippen molar-refractivity contribution in [1.82, 2.24) is 4.90 Å². The Balaban J connectivity index is 2.26. The third-order valence-electron chi connectivity index (χ3n) is 3.52. The molecule has 6 heteroatoms. The van der Waals surface area contributed by atoms with E-state index in [0.717, 1.165) is 5.56 Å². The van der Waals surface area contributed by atoms with Gasteiger partial charge < -0.3 is 14.4 Å². The van der Waals surface area contributed by atoms with Crippen LogP contribution in [0.25, 0.3) is 0 Å². The van der Waals surface area contributed by atoms with Crippen molar-refractivity contribution in [2.75, 3.05) is 21.2 Å². The maximum Gasteiger partial charge on any atom is 0.269 e. The molecule has 0 amide bonds. The quantitative estimate of drug-likeness (QED) is 0.415. The topological polar surface area (TPSA) is 64.8 Å². The third-order valence-corrected chi connectivity index (χ3v) is 3.52. The number of methoxy groups -OCH3 is 1. The van der Waals surface area contributed by atoms with E-state index < -0.39 is 4.92 Å². The Morgan fingerprint density at radius 1 is 1.20 bits per heavy atom. The van der Waals surface area contributed by atoms with Gasteiger partial charge in [0.15, 0.2) is 0 Å². The SMILES string of the molecule is COC(=CN(C)C)Cc1cc([N+](=O)[O-])ccc1OCc1ccccc1. The molecule has 0 heterocycles. The molecule has 0 atom stereocenters. The summed E-state index contributed by atoms with van der Waals surface area (Å²) >= 11 is 0. The number of nitro groups is 1. The lowest BCUT2D eigenvalue weighted by atomic mass is 10.1. The number of hydrogen-bond donors (Lipinski definition) is 0. The molecule has 6 nitrogen and oxygen atoms in total. The van der Waals surface area contributed by atoms with E-state index in [2.05, 4.69) is 0 Å². The van der Waals surface area contributed by atoms with Crippen molar-refractivity contribution in [1.29, 1.82) is 0 Å². The lowest BCUT2D eigenvalue weighted by molar-refractivity contribution is -0.384. The Bertz CT molecular complexity index is 742. The minimum Gasteiger partial charge on any atom is -0.499 e. The lowest BCUT2D eigenvalue weighted by Crippen LogP contribution is -2.07. The standard InChI is InChI=1S/C19H22N2O4/c1-20(2)13-18(24-3)12-16-11-17(21(22)23)9-10-19(16)25-14-15-7-5-4-6-8-15/h4-11,13H,12,14H2,1-3H3. The van der Waals surface area contributed by atoms with Crippen LogP contribution in [-0.4, -0.2) is 31.0 Å². The Labute approximate surface area is 147 Å². The van der Waals surface area contributed by atoms with Crippen LogP contribution in [0.5, 0.6) is 5.75 Å². The van der Waals surface area contributed by atoms with E-state index in [-0.39, 0.29) is 5.69 Å². The van der Waals surface area contributed by atoms with Crippen LogP contribution in [0, 0.1) is 10.1 Å². The Hall–Kier alpha value is -3.02. The van der Waals surface area contributed by atoms with Gasteiger partial charge >= 0.3 is 0 Å². The van der Waals surface area contributed by atoms with E-state index in [4.69, 9.17) is 9.47 Å². The van der Waals surface area contributed by atoms with E-state index in [9.17, 15) is 10.1 Å². The van der Waals surface area contributed by atoms with Gasteiger partial charge in [-0.3, -0.25) is 10.1 Å². The molecule has 0 fully saturated rings. The van der Waals surface area contributed by atoms with Gasteiger partial charge in [-0.25, -0.2) is 0 Å². The average Bonchev–Trinajstić information content (AvgIpc) is 2.60. The van der Waals surface area contributed by atoms with Crippen molar-refractivity contribution < 1.29 is 14.4 Å². The van der Waals surface area contributed by atoms with Crippen LogP contribution in [0.3, 0.4) is 0 Å². The summed E-state index contributed by atoms with van der Waals surface area (Å²) in [4.78, 5) is 12.5. The van der Waals surface area contributed by atoms with E-state index in [1.807, 2.05) is 55.5 Å². The maximum absolute atomic E-state index is 11.1. The van der Waals surface area contributed by atoms with Crippen LogP contribution in [-0.2, 0) is 17.8 Å². The first-order chi connectivity index (χ1) is 12.0. The second kappa shape index (κ2) is 8.73. The Kier molecular flexibility index (Phi) is 6.39. The van der Waals surface area contributed by atoms with Gasteiger partial charge in [-0.1, -0.05) is 30.3 Å². The zero-order chi connectivity index (χ0) is 18.2. The summed E-state index contributed by atoms with van der Waals surface area (Å²) in [5.74, 6) is 1.30. The van der Waals surface area contributed by atoms with Gasteiger partial charge in [0.25, 0.3) is 5.69 Å². The summed E-state index contributed by atoms with van der Waals surface area (Å²) in [7, 11) is 5.36. The summed E-state index contributed by atoms with van der Waals surface area (Å²) in [5, 5.41) is 11.1. The van der Waals surface area contributed by atoms with Crippen molar-refractivity contribution in [2.24, 2.45) is 0 Å². The van der Waals surface area contributed by atoms with Crippen LogP contribution < -0.4 is 4.74 Å². The molecule has 0 unspecified atom stereocenters. The molecule has 0 bridgehead atoms. The summed E-state index contributed by atoms with van der Waals surface area (Å²) in [6.45, 7) is 0.394. The lowest BCUT2D eigenvalue weighted by Gasteiger charge is -2.14. The van der Waals surface area contributed by atoms with Crippen LogP contribution >= 0.6 is 0 Å². The molecule has 0 N–H and O–H groups in total. The highest BCUT2D eigenvalue weighted by molar-refractivity contribution is 5.45. The van der Waals surface area contributed by atoms with Crippen molar-refractivity contribution in [3.05, 3.63) is 81.7 Å². The molecule has 0 radical (unpaired) electrons. The molecule has 2 aromatic rings. The zero-order valence-electron chi connectivity index (χ0n) is 14.6. The second-order valence-electron chi connectivity index (χ2n) is 5.76. The molecular weight excluding hydrogens is 320 g/mol. The Morgan fingerprint density at radius 2 is 1.92 bits per heavy atom. The molecule has 0 aromatic heterocycles. The monoisotopic (exact) mass is 342 g/mol. The first-order valence-corrected chi connectivity index (χ1v) is 7.84. The summed E-state index contributed by atoms with van der Waals surface area (Å²) in [5.41, 5.74) is 1.77. The van der Waals surface area contributed by atoms with Gasteiger partial charge in [-0.05, 0) is 11.6 Å². The van der Waals surface area contributed by atoms with Crippen molar-refractivity contribution in [3.8, 4) is 5.75 Å². The summed E-state index contributed by atoms with van der Waals surface area (Å²) in [6.07, 6.45) is 2.24. The Morgan fingerprint density at radius 3 is 2.52 bits per heavy atom. The first kappa shape index (κ1) is 18.3. The highest BCUT2D eigenvalue weighted by Gasteiger charge is 2.14. The second-order valence-corrected chi connectivity index (χ2v) is 5.76. The molecule has 2 aromatic carbocycles. The van der Waals surface area contributed by atoms with Crippen molar-refractivity contribution in [3.63, 3.8) is 0 Å². The maximum atomic E-state index is 11.1. The first-order valence-electron chi connectivity index (χ1n) is 7.84. The molecule has 132 valence electrons. The highest BCUT2D eigenvalue weighted by atomic mass is 16.6. The van der Waals surface area contributed by atoms with Crippen molar-refractivity contribution in [2.45, 2.75) is 13.0 Å². The predicted molar refractivity (Wildman–Crippen MR) is 96.4 cm³/mol. The molecule has 2 rings (SSSR count). The number of benzene rings is 2. The predicted octanol–water partition coefficient (Wildman–Crippen LogP) is 3.77. The van der Waals surface area contributed by atoms with E-state index in [1.54, 1.807) is 13.2 Å². The third kappa shape index (κ3) is 5.53. The van der Waals surface area contributed by atoms with E-state index in [1.165, 1.54) is 12.1 Å². The molecule has 0 saturated heterocycles. The van der Waals surface area contributed by atoms with Crippen LogP contribution in [0.15, 0.2) is 60.5 Å². The number of nitro benzene ring substituents is 1. The largest absolute Gasteiger partial charge is 0.499 e. The summed E-state index contributed by atoms with van der Waals surface area (Å²) in [6, 6.07) is 14.4. The highest BCUT2D eigenvalue weighted by Crippen LogP contribution is 2.27. The average molecular weight is 342 g/mol. The minimum atomic E-state index is -0.410. The van der Waals surface area contributed by atoms with Gasteiger partial charge in [0, 0.05) is 44.4 Å². The van der Waals surface area contributed by atoms with Crippen molar-refractivity contribution >= 4 is 5.69 Å². The number of nitrogens with zero attached hydrogens (tertiary/aromatic N) is 2. The number of hydrogen-bond acceptors (Lipinski definition) is 5. The molecule has 0 aliphatic rings. The number of non-ortho nitro benzene ring substituents is 1. The van der Waals surface area contributed by atoms with Gasteiger partial charge in [0.1, 0.15) is 18.1 Å². The van der Waals surface area contributed by atoms with Gasteiger partial charge in [0.2, 0.25) is 0 Å². The number of allylic oxidation sites excluding steroid dienone is 1. The zero-order valence-corrected chi connectivity index (χ0v) is 14.6. The fourth-order valence-corrected chi connectivity index (χ4v) is 2.34. The fraction of sp³-hybridized carbons (Fsp3) is 0.263. The van der Waals surface area contributed by atoms with E-state index >= 15 is 0 Å². The minimum absolute atomic E-state index is 0.0300. The van der Waals surface area contributed by atoms with Crippen LogP contribution in [0.2, 0.25) is 0 Å². The van der Waals surface area contributed by atoms with Gasteiger partial charge in [-0.2, -0.15) is 0 Å². The molecule has 0 spiro atoms. The molecule has 0 aliphatic heterocycles. The van der Waals surface area contributed by atoms with E-state index in [0.29, 0.717) is 30.1 Å².